The molecule has 9 heteroatoms. The number of carbonyl (C=O) groups excluding carboxylic acids is 1. The molecule has 0 atom stereocenters. The first-order valence-electron chi connectivity index (χ1n) is 7.15. The predicted molar refractivity (Wildman–Crippen MR) is 80.3 cm³/mol. The second-order valence-corrected chi connectivity index (χ2v) is 6.24. The van der Waals surface area contributed by atoms with Crippen molar-refractivity contribution in [1.82, 2.24) is 20.2 Å². The van der Waals surface area contributed by atoms with E-state index in [-0.39, 0.29) is 17.4 Å². The highest BCUT2D eigenvalue weighted by atomic mass is 19.4. The van der Waals surface area contributed by atoms with Crippen LogP contribution in [0, 0.1) is 0 Å². The number of hydrogen-bond donors (Lipinski definition) is 3. The summed E-state index contributed by atoms with van der Waals surface area (Å²) in [5, 5.41) is 8.39. The van der Waals surface area contributed by atoms with E-state index in [1.54, 1.807) is 12.1 Å². The lowest BCUT2D eigenvalue weighted by Gasteiger charge is -2.14. The second-order valence-electron chi connectivity index (χ2n) is 6.24. The molecule has 0 bridgehead atoms. The van der Waals surface area contributed by atoms with E-state index in [1.807, 2.05) is 13.8 Å². The number of fused-ring (bicyclic) bond motifs is 2. The van der Waals surface area contributed by atoms with Crippen LogP contribution in [0.15, 0.2) is 18.2 Å². The fraction of sp³-hybridized carbons (Fsp3) is 0.267. The van der Waals surface area contributed by atoms with E-state index < -0.39 is 17.3 Å². The highest BCUT2D eigenvalue weighted by Crippen LogP contribution is 2.39. The van der Waals surface area contributed by atoms with Crippen LogP contribution in [0.2, 0.25) is 0 Å². The van der Waals surface area contributed by atoms with Crippen molar-refractivity contribution < 1.29 is 18.0 Å². The van der Waals surface area contributed by atoms with Crippen LogP contribution in [0.5, 0.6) is 0 Å². The van der Waals surface area contributed by atoms with Crippen LogP contribution >= 0.6 is 0 Å². The minimum Gasteiger partial charge on any atom is -0.337 e. The molecule has 0 unspecified atom stereocenters. The van der Waals surface area contributed by atoms with Gasteiger partial charge in [-0.25, -0.2) is 4.98 Å². The fourth-order valence-electron chi connectivity index (χ4n) is 2.79. The van der Waals surface area contributed by atoms with E-state index in [1.165, 1.54) is 0 Å². The summed E-state index contributed by atoms with van der Waals surface area (Å²) in [7, 11) is 0. The maximum Gasteiger partial charge on any atom is 0.435 e. The summed E-state index contributed by atoms with van der Waals surface area (Å²) in [5.41, 5.74) is 1.12. The number of aromatic amines is 2. The van der Waals surface area contributed by atoms with Gasteiger partial charge >= 0.3 is 6.18 Å². The Kier molecular flexibility index (Phi) is 2.68. The molecule has 124 valence electrons. The largest absolute Gasteiger partial charge is 0.435 e. The molecule has 4 rings (SSSR count). The SMILES string of the molecule is CC1(C)C(=O)Nc2cc3nc(-c4cc(C(F)(F)F)n[nH]4)[nH]c3cc21. The lowest BCUT2D eigenvalue weighted by Crippen LogP contribution is -2.26. The van der Waals surface area contributed by atoms with Gasteiger partial charge in [0, 0.05) is 5.69 Å². The van der Waals surface area contributed by atoms with Crippen LogP contribution < -0.4 is 5.32 Å². The van der Waals surface area contributed by atoms with Gasteiger partial charge < -0.3 is 10.3 Å². The van der Waals surface area contributed by atoms with E-state index in [9.17, 15) is 18.0 Å². The average molecular weight is 335 g/mol. The third-order valence-corrected chi connectivity index (χ3v) is 4.23. The zero-order chi connectivity index (χ0) is 17.3. The maximum absolute atomic E-state index is 12.6. The van der Waals surface area contributed by atoms with Gasteiger partial charge in [0.25, 0.3) is 0 Å². The topological polar surface area (TPSA) is 86.5 Å². The summed E-state index contributed by atoms with van der Waals surface area (Å²) in [4.78, 5) is 19.2. The Morgan fingerprint density at radius 2 is 1.92 bits per heavy atom. The molecule has 1 amide bonds. The summed E-state index contributed by atoms with van der Waals surface area (Å²) < 4.78 is 37.9. The minimum atomic E-state index is -4.52. The predicted octanol–water partition coefficient (Wildman–Crippen LogP) is 3.20. The van der Waals surface area contributed by atoms with Crippen LogP contribution in [0.4, 0.5) is 18.9 Å². The van der Waals surface area contributed by atoms with Gasteiger partial charge in [0.2, 0.25) is 5.91 Å². The molecule has 0 fully saturated rings. The summed E-state index contributed by atoms with van der Waals surface area (Å²) in [6.07, 6.45) is -4.52. The zero-order valence-corrected chi connectivity index (χ0v) is 12.7. The number of benzene rings is 1. The number of alkyl halides is 3. The van der Waals surface area contributed by atoms with Crippen molar-refractivity contribution in [3.63, 3.8) is 0 Å². The van der Waals surface area contributed by atoms with Crippen molar-refractivity contribution in [2.24, 2.45) is 0 Å². The lowest BCUT2D eigenvalue weighted by atomic mass is 9.86. The molecule has 3 N–H and O–H groups in total. The highest BCUT2D eigenvalue weighted by molar-refractivity contribution is 6.07. The van der Waals surface area contributed by atoms with Gasteiger partial charge in [-0.15, -0.1) is 0 Å². The van der Waals surface area contributed by atoms with E-state index in [2.05, 4.69) is 25.5 Å². The Labute approximate surface area is 133 Å². The molecule has 0 saturated carbocycles. The lowest BCUT2D eigenvalue weighted by molar-refractivity contribution is -0.141. The number of aromatic nitrogens is 4. The Balaban J connectivity index is 1.81. The zero-order valence-electron chi connectivity index (χ0n) is 12.7. The molecule has 2 aromatic heterocycles. The van der Waals surface area contributed by atoms with Gasteiger partial charge in [-0.05, 0) is 37.6 Å². The van der Waals surface area contributed by atoms with Crippen molar-refractivity contribution in [2.45, 2.75) is 25.4 Å². The summed E-state index contributed by atoms with van der Waals surface area (Å²) in [6, 6.07) is 4.40. The molecule has 3 aromatic rings. The Bertz CT molecular complexity index is 983. The van der Waals surface area contributed by atoms with Crippen LogP contribution in [0.25, 0.3) is 22.6 Å². The Morgan fingerprint density at radius 3 is 2.58 bits per heavy atom. The quantitative estimate of drug-likeness (QED) is 0.638. The smallest absolute Gasteiger partial charge is 0.337 e. The molecule has 6 nitrogen and oxygen atoms in total. The standard InChI is InChI=1S/C15H12F3N5O/c1-14(2)6-3-8-9(4-7(6)21-13(14)24)20-12(19-8)10-5-11(23-22-10)15(16,17)18/h3-5H,1-2H3,(H,19,20)(H,21,24)(H,22,23). The Hall–Kier alpha value is -2.84. The van der Waals surface area contributed by atoms with Crippen molar-refractivity contribution in [3.05, 3.63) is 29.5 Å². The number of nitrogens with one attached hydrogen (secondary N) is 3. The van der Waals surface area contributed by atoms with Crippen LogP contribution in [0.3, 0.4) is 0 Å². The van der Waals surface area contributed by atoms with Crippen LogP contribution in [-0.2, 0) is 16.4 Å². The Morgan fingerprint density at radius 1 is 1.17 bits per heavy atom. The van der Waals surface area contributed by atoms with E-state index >= 15 is 0 Å². The van der Waals surface area contributed by atoms with Crippen LogP contribution in [0.1, 0.15) is 25.1 Å². The molecule has 0 spiro atoms. The van der Waals surface area contributed by atoms with Gasteiger partial charge in [-0.3, -0.25) is 9.89 Å². The van der Waals surface area contributed by atoms with E-state index in [0.717, 1.165) is 11.6 Å². The number of hydrogen-bond acceptors (Lipinski definition) is 3. The highest BCUT2D eigenvalue weighted by Gasteiger charge is 2.39. The number of anilines is 1. The first-order valence-corrected chi connectivity index (χ1v) is 7.15. The molecule has 24 heavy (non-hydrogen) atoms. The minimum absolute atomic E-state index is 0.103. The van der Waals surface area contributed by atoms with E-state index in [0.29, 0.717) is 16.7 Å². The third kappa shape index (κ3) is 2.00. The van der Waals surface area contributed by atoms with Gasteiger partial charge in [0.05, 0.1) is 16.4 Å². The fourth-order valence-corrected chi connectivity index (χ4v) is 2.79. The third-order valence-electron chi connectivity index (χ3n) is 4.23. The van der Waals surface area contributed by atoms with Crippen molar-refractivity contribution in [1.29, 1.82) is 0 Å². The van der Waals surface area contributed by atoms with Crippen molar-refractivity contribution >= 4 is 22.6 Å². The van der Waals surface area contributed by atoms with E-state index in [4.69, 9.17) is 0 Å². The monoisotopic (exact) mass is 335 g/mol. The molecular formula is C15H12F3N5O. The van der Waals surface area contributed by atoms with Gasteiger partial charge in [-0.1, -0.05) is 0 Å². The van der Waals surface area contributed by atoms with Crippen LogP contribution in [-0.4, -0.2) is 26.1 Å². The summed E-state index contributed by atoms with van der Waals surface area (Å²) >= 11 is 0. The van der Waals surface area contributed by atoms with Crippen molar-refractivity contribution in [2.75, 3.05) is 5.32 Å². The number of halogens is 3. The molecular weight excluding hydrogens is 323 g/mol. The number of amides is 1. The van der Waals surface area contributed by atoms with Gasteiger partial charge in [0.1, 0.15) is 5.69 Å². The molecule has 3 heterocycles. The molecule has 1 aliphatic heterocycles. The van der Waals surface area contributed by atoms with Gasteiger partial charge in [-0.2, -0.15) is 18.3 Å². The summed E-state index contributed by atoms with van der Waals surface area (Å²) in [5.74, 6) is 0.148. The normalized spacial score (nSPS) is 16.5. The number of imidazole rings is 1. The van der Waals surface area contributed by atoms with Gasteiger partial charge in [0.15, 0.2) is 11.5 Å². The maximum atomic E-state index is 12.6. The molecule has 1 aliphatic rings. The molecule has 0 aliphatic carbocycles. The first kappa shape index (κ1) is 14.7. The second kappa shape index (κ2) is 4.37. The number of carbonyl (C=O) groups is 1. The number of H-pyrrole nitrogens is 2. The molecule has 0 radical (unpaired) electrons. The average Bonchev–Trinajstić information content (AvgIpc) is 3.15. The number of rotatable bonds is 1. The van der Waals surface area contributed by atoms with Crippen molar-refractivity contribution in [3.8, 4) is 11.5 Å². The number of nitrogens with zero attached hydrogens (tertiary/aromatic N) is 2. The first-order chi connectivity index (χ1) is 11.2. The molecule has 1 aromatic carbocycles. The molecule has 0 saturated heterocycles. The summed E-state index contributed by atoms with van der Waals surface area (Å²) in [6.45, 7) is 3.61.